The normalized spacial score (nSPS) is 17.6. The Morgan fingerprint density at radius 3 is 2.12 bits per heavy atom. The number of aromatic nitrogens is 1. The molecule has 2 amide bonds. The number of anilines is 1. The van der Waals surface area contributed by atoms with Crippen LogP contribution < -0.4 is 4.90 Å². The van der Waals surface area contributed by atoms with Crippen molar-refractivity contribution in [1.29, 1.82) is 0 Å². The van der Waals surface area contributed by atoms with Crippen molar-refractivity contribution in [2.45, 2.75) is 20.0 Å². The predicted octanol–water partition coefficient (Wildman–Crippen LogP) is 2.07. The third-order valence-corrected chi connectivity index (χ3v) is 5.83. The molecule has 0 saturated carbocycles. The summed E-state index contributed by atoms with van der Waals surface area (Å²) in [6.45, 7) is 7.19. The number of pyridine rings is 1. The molecule has 0 N–H and O–H groups in total. The minimum atomic E-state index is -0.589. The smallest absolute Gasteiger partial charge is 0.308 e. The van der Waals surface area contributed by atoms with Gasteiger partial charge in [0.15, 0.2) is 0 Å². The van der Waals surface area contributed by atoms with E-state index in [0.717, 1.165) is 32.0 Å². The number of amides is 2. The van der Waals surface area contributed by atoms with Crippen LogP contribution in [0.5, 0.6) is 0 Å². The zero-order valence-corrected chi connectivity index (χ0v) is 18.4. The van der Waals surface area contributed by atoms with Crippen molar-refractivity contribution in [3.8, 4) is 0 Å². The second kappa shape index (κ2) is 9.48. The molecule has 2 aliphatic heterocycles. The number of ether oxygens (including phenoxy) is 1. The highest BCUT2D eigenvalue weighted by atomic mass is 16.5. The molecule has 0 aliphatic carbocycles. The van der Waals surface area contributed by atoms with E-state index in [0.29, 0.717) is 17.7 Å². The first-order valence-electron chi connectivity index (χ1n) is 11.0. The summed E-state index contributed by atoms with van der Waals surface area (Å²) in [5.74, 6) is -0.354. The molecule has 0 radical (unpaired) electrons. The van der Waals surface area contributed by atoms with E-state index in [1.807, 2.05) is 18.2 Å². The lowest BCUT2D eigenvalue weighted by atomic mass is 10.1. The van der Waals surface area contributed by atoms with Gasteiger partial charge in [0, 0.05) is 38.9 Å². The molecule has 1 aromatic heterocycles. The average Bonchev–Trinajstić information content (AvgIpc) is 3.05. The van der Waals surface area contributed by atoms with Gasteiger partial charge in [0.1, 0.15) is 11.9 Å². The SMILES string of the molecule is CC(C)C(=O)OC(CN1CCN(c2ccccn2)CC1)CN1C(=O)c2ccccc2C1=O. The fraction of sp³-hybridized carbons (Fsp3) is 0.417. The van der Waals surface area contributed by atoms with Crippen molar-refractivity contribution in [2.75, 3.05) is 44.2 Å². The third-order valence-electron chi connectivity index (χ3n) is 5.83. The summed E-state index contributed by atoms with van der Waals surface area (Å²) < 4.78 is 5.73. The van der Waals surface area contributed by atoms with Gasteiger partial charge in [-0.05, 0) is 24.3 Å². The van der Waals surface area contributed by atoms with Crippen LogP contribution in [0.25, 0.3) is 0 Å². The number of carbonyl (C=O) groups is 3. The Morgan fingerprint density at radius 2 is 1.56 bits per heavy atom. The Morgan fingerprint density at radius 1 is 0.938 bits per heavy atom. The molecule has 0 bridgehead atoms. The highest BCUT2D eigenvalue weighted by Gasteiger charge is 2.37. The highest BCUT2D eigenvalue weighted by molar-refractivity contribution is 6.21. The number of piperazine rings is 1. The van der Waals surface area contributed by atoms with Crippen molar-refractivity contribution in [1.82, 2.24) is 14.8 Å². The average molecular weight is 437 g/mol. The van der Waals surface area contributed by atoms with Crippen molar-refractivity contribution < 1.29 is 19.1 Å². The second-order valence-electron chi connectivity index (χ2n) is 8.46. The summed E-state index contributed by atoms with van der Waals surface area (Å²) in [5, 5.41) is 0. The molecule has 8 nitrogen and oxygen atoms in total. The molecule has 32 heavy (non-hydrogen) atoms. The van der Waals surface area contributed by atoms with Gasteiger partial charge >= 0.3 is 5.97 Å². The van der Waals surface area contributed by atoms with Crippen LogP contribution in [0.3, 0.4) is 0 Å². The summed E-state index contributed by atoms with van der Waals surface area (Å²) in [5.41, 5.74) is 0.797. The molecule has 0 spiro atoms. The number of hydrogen-bond donors (Lipinski definition) is 0. The molecule has 1 fully saturated rings. The molecular weight excluding hydrogens is 408 g/mol. The van der Waals surface area contributed by atoms with E-state index in [9.17, 15) is 14.4 Å². The zero-order valence-electron chi connectivity index (χ0n) is 18.4. The molecular formula is C24H28N4O4. The first kappa shape index (κ1) is 22.0. The van der Waals surface area contributed by atoms with Crippen LogP contribution in [0.15, 0.2) is 48.7 Å². The number of rotatable bonds is 7. The van der Waals surface area contributed by atoms with Crippen molar-refractivity contribution >= 4 is 23.6 Å². The van der Waals surface area contributed by atoms with E-state index < -0.39 is 6.10 Å². The maximum absolute atomic E-state index is 12.8. The van der Waals surface area contributed by atoms with Crippen LogP contribution in [0.2, 0.25) is 0 Å². The largest absolute Gasteiger partial charge is 0.459 e. The van der Waals surface area contributed by atoms with E-state index in [2.05, 4.69) is 14.8 Å². The molecule has 4 rings (SSSR count). The van der Waals surface area contributed by atoms with Gasteiger partial charge in [-0.15, -0.1) is 0 Å². The summed E-state index contributed by atoms with van der Waals surface area (Å²) >= 11 is 0. The first-order valence-corrected chi connectivity index (χ1v) is 11.0. The zero-order chi connectivity index (χ0) is 22.7. The maximum Gasteiger partial charge on any atom is 0.308 e. The fourth-order valence-corrected chi connectivity index (χ4v) is 4.03. The van der Waals surface area contributed by atoms with Gasteiger partial charge in [-0.2, -0.15) is 0 Å². The highest BCUT2D eigenvalue weighted by Crippen LogP contribution is 2.23. The number of carbonyl (C=O) groups excluding carboxylic acids is 3. The van der Waals surface area contributed by atoms with E-state index in [1.54, 1.807) is 44.3 Å². The number of benzene rings is 1. The van der Waals surface area contributed by atoms with Crippen LogP contribution in [-0.2, 0) is 9.53 Å². The Kier molecular flexibility index (Phi) is 6.50. The molecule has 1 unspecified atom stereocenters. The molecule has 168 valence electrons. The topological polar surface area (TPSA) is 83.1 Å². The number of esters is 1. The van der Waals surface area contributed by atoms with Crippen LogP contribution in [0.1, 0.15) is 34.6 Å². The molecule has 1 atom stereocenters. The van der Waals surface area contributed by atoms with E-state index in [4.69, 9.17) is 4.74 Å². The quantitative estimate of drug-likeness (QED) is 0.485. The summed E-state index contributed by atoms with van der Waals surface area (Å²) in [6, 6.07) is 12.6. The summed E-state index contributed by atoms with van der Waals surface area (Å²) in [6.07, 6.45) is 1.19. The van der Waals surface area contributed by atoms with Crippen molar-refractivity contribution in [3.63, 3.8) is 0 Å². The van der Waals surface area contributed by atoms with Crippen molar-refractivity contribution in [3.05, 3.63) is 59.8 Å². The molecule has 2 aromatic rings. The van der Waals surface area contributed by atoms with Gasteiger partial charge in [-0.1, -0.05) is 32.0 Å². The van der Waals surface area contributed by atoms with Gasteiger partial charge < -0.3 is 9.64 Å². The Hall–Kier alpha value is -3.26. The first-order chi connectivity index (χ1) is 15.4. The van der Waals surface area contributed by atoms with E-state index in [1.165, 1.54) is 4.90 Å². The number of hydrogen-bond acceptors (Lipinski definition) is 7. The van der Waals surface area contributed by atoms with E-state index in [-0.39, 0.29) is 30.2 Å². The van der Waals surface area contributed by atoms with Gasteiger partial charge in [0.2, 0.25) is 0 Å². The second-order valence-corrected chi connectivity index (χ2v) is 8.46. The van der Waals surface area contributed by atoms with Gasteiger partial charge in [-0.3, -0.25) is 24.2 Å². The lowest BCUT2D eigenvalue weighted by Crippen LogP contribution is -2.51. The number of nitrogens with zero attached hydrogens (tertiary/aromatic N) is 4. The number of fused-ring (bicyclic) bond motifs is 1. The molecule has 3 heterocycles. The van der Waals surface area contributed by atoms with Gasteiger partial charge in [-0.25, -0.2) is 4.98 Å². The Balaban J connectivity index is 1.42. The molecule has 1 saturated heterocycles. The van der Waals surface area contributed by atoms with Crippen LogP contribution >= 0.6 is 0 Å². The molecule has 1 aromatic carbocycles. The summed E-state index contributed by atoms with van der Waals surface area (Å²) in [4.78, 5) is 48.0. The third kappa shape index (κ3) is 4.65. The van der Waals surface area contributed by atoms with Crippen LogP contribution in [0.4, 0.5) is 5.82 Å². The predicted molar refractivity (Wildman–Crippen MR) is 119 cm³/mol. The minimum Gasteiger partial charge on any atom is -0.459 e. The Bertz CT molecular complexity index is 952. The standard InChI is InChI=1S/C24H28N4O4/c1-17(2)24(31)32-18(16-28-22(29)19-7-3-4-8-20(19)23(28)30)15-26-11-13-27(14-12-26)21-9-5-6-10-25-21/h3-10,17-18H,11-16H2,1-2H3. The van der Waals surface area contributed by atoms with Gasteiger partial charge in [0.05, 0.1) is 23.6 Å². The lowest BCUT2D eigenvalue weighted by Gasteiger charge is -2.37. The van der Waals surface area contributed by atoms with Gasteiger partial charge in [0.25, 0.3) is 11.8 Å². The lowest BCUT2D eigenvalue weighted by molar-refractivity contribution is -0.154. The maximum atomic E-state index is 12.8. The van der Waals surface area contributed by atoms with E-state index >= 15 is 0 Å². The van der Waals surface area contributed by atoms with Crippen LogP contribution in [-0.4, -0.2) is 77.9 Å². The molecule has 8 heteroatoms. The molecule has 2 aliphatic rings. The minimum absolute atomic E-state index is 0.0469. The van der Waals surface area contributed by atoms with Crippen molar-refractivity contribution in [2.24, 2.45) is 5.92 Å². The fourth-order valence-electron chi connectivity index (χ4n) is 4.03. The Labute approximate surface area is 187 Å². The summed E-state index contributed by atoms with van der Waals surface area (Å²) in [7, 11) is 0. The monoisotopic (exact) mass is 436 g/mol. The van der Waals surface area contributed by atoms with Crippen LogP contribution in [0, 0.1) is 5.92 Å². The number of imide groups is 1.